The highest BCUT2D eigenvalue weighted by atomic mass is 32.2. The molecular weight excluding hydrogens is 404 g/mol. The number of benzene rings is 2. The van der Waals surface area contributed by atoms with Gasteiger partial charge in [-0.05, 0) is 54.6 Å². The largest absolute Gasteiger partial charge is 0.505 e. The van der Waals surface area contributed by atoms with E-state index in [-0.39, 0.29) is 17.4 Å². The molecule has 3 rings (SSSR count). The molecular formula is C26H34N2O2S. The summed E-state index contributed by atoms with van der Waals surface area (Å²) in [6.07, 6.45) is 11.7. The van der Waals surface area contributed by atoms with Gasteiger partial charge in [-0.15, -0.1) is 0 Å². The van der Waals surface area contributed by atoms with Gasteiger partial charge in [-0.1, -0.05) is 76.1 Å². The number of likely N-dealkylation sites (N-methyl/N-ethyl adjacent to an activating group) is 1. The van der Waals surface area contributed by atoms with Crippen molar-refractivity contribution in [1.82, 2.24) is 4.31 Å². The molecule has 2 aromatic carbocycles. The van der Waals surface area contributed by atoms with Gasteiger partial charge >= 0.3 is 0 Å². The van der Waals surface area contributed by atoms with E-state index in [0.717, 1.165) is 17.0 Å². The van der Waals surface area contributed by atoms with Crippen LogP contribution in [0, 0.1) is 0 Å². The Kier molecular flexibility index (Phi) is 8.89. The van der Waals surface area contributed by atoms with Crippen molar-refractivity contribution in [3.05, 3.63) is 65.4 Å². The number of aryl methyl sites for hydroxylation is 1. The number of carbonyl (C=O) groups is 1. The Bertz CT molecular complexity index is 893. The van der Waals surface area contributed by atoms with E-state index in [1.807, 2.05) is 36.4 Å². The zero-order chi connectivity index (χ0) is 22.1. The summed E-state index contributed by atoms with van der Waals surface area (Å²) in [5.41, 5.74) is 3.00. The van der Waals surface area contributed by atoms with Crippen LogP contribution in [0.4, 0.5) is 5.69 Å². The molecule has 0 bridgehead atoms. The molecule has 0 unspecified atom stereocenters. The summed E-state index contributed by atoms with van der Waals surface area (Å²) < 4.78 is 1.71. The van der Waals surface area contributed by atoms with Crippen molar-refractivity contribution in [2.45, 2.75) is 69.6 Å². The molecule has 166 valence electrons. The summed E-state index contributed by atoms with van der Waals surface area (Å²) >= 11 is 1.44. The molecule has 5 heteroatoms. The second kappa shape index (κ2) is 11.8. The Balaban J connectivity index is 1.49. The zero-order valence-corrected chi connectivity index (χ0v) is 19.5. The molecule has 4 nitrogen and oxygen atoms in total. The Hall–Kier alpha value is -2.40. The molecule has 0 aromatic heterocycles. The Morgan fingerprint density at radius 3 is 2.29 bits per heavy atom. The van der Waals surface area contributed by atoms with Crippen LogP contribution in [0.15, 0.2) is 59.1 Å². The predicted octanol–water partition coefficient (Wildman–Crippen LogP) is 7.19. The van der Waals surface area contributed by atoms with Gasteiger partial charge in [-0.3, -0.25) is 4.79 Å². The standard InChI is InChI=1S/C26H34N2O2S/c1-3-4-5-6-7-8-9-10-13-20-16-18-21(19-17-20)27-26(30)24-25(29)22-14-11-12-15-23(22)31-28(24)2/h11-12,14-19,29H,3-10,13H2,1-2H3,(H,27,30). The first-order valence-corrected chi connectivity index (χ1v) is 12.2. The van der Waals surface area contributed by atoms with Crippen LogP contribution in [-0.4, -0.2) is 22.4 Å². The molecule has 1 amide bonds. The number of fused-ring (bicyclic) bond motifs is 1. The van der Waals surface area contributed by atoms with Crippen LogP contribution in [0.3, 0.4) is 0 Å². The van der Waals surface area contributed by atoms with Gasteiger partial charge in [0.2, 0.25) is 0 Å². The van der Waals surface area contributed by atoms with E-state index in [0.29, 0.717) is 5.56 Å². The molecule has 0 atom stereocenters. The van der Waals surface area contributed by atoms with Gasteiger partial charge in [0.15, 0.2) is 11.5 Å². The molecule has 1 aliphatic heterocycles. The molecule has 0 fully saturated rings. The smallest absolute Gasteiger partial charge is 0.276 e. The van der Waals surface area contributed by atoms with Crippen molar-refractivity contribution >= 4 is 29.3 Å². The van der Waals surface area contributed by atoms with Crippen LogP contribution in [0.5, 0.6) is 0 Å². The first-order chi connectivity index (χ1) is 15.1. The van der Waals surface area contributed by atoms with E-state index >= 15 is 0 Å². The monoisotopic (exact) mass is 438 g/mol. The van der Waals surface area contributed by atoms with E-state index in [4.69, 9.17) is 0 Å². The lowest BCUT2D eigenvalue weighted by molar-refractivity contribution is -0.113. The minimum Gasteiger partial charge on any atom is -0.505 e. The summed E-state index contributed by atoms with van der Waals surface area (Å²) in [6, 6.07) is 15.6. The number of anilines is 1. The molecule has 2 aromatic rings. The number of hydrogen-bond donors (Lipinski definition) is 2. The highest BCUT2D eigenvalue weighted by Gasteiger charge is 2.28. The summed E-state index contributed by atoms with van der Waals surface area (Å²) in [6.45, 7) is 2.25. The molecule has 31 heavy (non-hydrogen) atoms. The summed E-state index contributed by atoms with van der Waals surface area (Å²) in [5, 5.41) is 13.6. The number of amides is 1. The van der Waals surface area contributed by atoms with E-state index < -0.39 is 0 Å². The van der Waals surface area contributed by atoms with Crippen molar-refractivity contribution in [2.24, 2.45) is 0 Å². The molecule has 0 radical (unpaired) electrons. The minimum absolute atomic E-state index is 0.0145. The SMILES string of the molecule is CCCCCCCCCCc1ccc(NC(=O)C2=C(O)c3ccccc3SN2C)cc1. The maximum absolute atomic E-state index is 12.8. The first kappa shape index (κ1) is 23.3. The Labute approximate surface area is 190 Å². The lowest BCUT2D eigenvalue weighted by Gasteiger charge is -2.27. The van der Waals surface area contributed by atoms with Crippen molar-refractivity contribution in [3.8, 4) is 0 Å². The van der Waals surface area contributed by atoms with E-state index in [1.165, 1.54) is 68.9 Å². The van der Waals surface area contributed by atoms with Crippen molar-refractivity contribution in [1.29, 1.82) is 0 Å². The number of unbranched alkanes of at least 4 members (excludes halogenated alkanes) is 7. The molecule has 1 aliphatic rings. The Morgan fingerprint density at radius 1 is 0.935 bits per heavy atom. The molecule has 2 N–H and O–H groups in total. The second-order valence-electron chi connectivity index (χ2n) is 8.16. The van der Waals surface area contributed by atoms with Crippen LogP contribution >= 0.6 is 11.9 Å². The number of hydrogen-bond acceptors (Lipinski definition) is 4. The number of aliphatic hydroxyl groups excluding tert-OH is 1. The van der Waals surface area contributed by atoms with Gasteiger partial charge in [0.25, 0.3) is 5.91 Å². The lowest BCUT2D eigenvalue weighted by atomic mass is 10.0. The molecule has 0 aliphatic carbocycles. The fraction of sp³-hybridized carbons (Fsp3) is 0.423. The van der Waals surface area contributed by atoms with E-state index in [9.17, 15) is 9.90 Å². The number of rotatable bonds is 11. The summed E-state index contributed by atoms with van der Waals surface area (Å²) in [7, 11) is 1.79. The average molecular weight is 439 g/mol. The van der Waals surface area contributed by atoms with Crippen LogP contribution in [0.25, 0.3) is 5.76 Å². The summed E-state index contributed by atoms with van der Waals surface area (Å²) in [5.74, 6) is -0.293. The topological polar surface area (TPSA) is 52.6 Å². The number of aliphatic hydroxyl groups is 1. The summed E-state index contributed by atoms with van der Waals surface area (Å²) in [4.78, 5) is 13.8. The zero-order valence-electron chi connectivity index (χ0n) is 18.7. The quantitative estimate of drug-likeness (QED) is 0.288. The molecule has 0 saturated heterocycles. The first-order valence-electron chi connectivity index (χ1n) is 11.4. The highest BCUT2D eigenvalue weighted by molar-refractivity contribution is 7.97. The molecule has 0 saturated carbocycles. The number of nitrogens with zero attached hydrogens (tertiary/aromatic N) is 1. The second-order valence-corrected chi connectivity index (χ2v) is 9.33. The molecule has 0 spiro atoms. The van der Waals surface area contributed by atoms with Gasteiger partial charge in [-0.2, -0.15) is 0 Å². The fourth-order valence-electron chi connectivity index (χ4n) is 3.87. The fourth-order valence-corrected chi connectivity index (χ4v) is 4.83. The molecule has 1 heterocycles. The van der Waals surface area contributed by atoms with E-state index in [2.05, 4.69) is 24.4 Å². The van der Waals surface area contributed by atoms with Gasteiger partial charge in [0, 0.05) is 23.2 Å². The third kappa shape index (κ3) is 6.54. The van der Waals surface area contributed by atoms with Crippen LogP contribution in [-0.2, 0) is 11.2 Å². The van der Waals surface area contributed by atoms with Gasteiger partial charge < -0.3 is 14.7 Å². The normalized spacial score (nSPS) is 13.3. The van der Waals surface area contributed by atoms with Crippen LogP contribution in [0.1, 0.15) is 69.4 Å². The van der Waals surface area contributed by atoms with Crippen molar-refractivity contribution in [2.75, 3.05) is 12.4 Å². The lowest BCUT2D eigenvalue weighted by Crippen LogP contribution is -2.27. The maximum Gasteiger partial charge on any atom is 0.276 e. The third-order valence-electron chi connectivity index (χ3n) is 5.66. The predicted molar refractivity (Wildman–Crippen MR) is 131 cm³/mol. The number of nitrogens with one attached hydrogen (secondary N) is 1. The minimum atomic E-state index is -0.308. The van der Waals surface area contributed by atoms with Gasteiger partial charge in [-0.25, -0.2) is 0 Å². The van der Waals surface area contributed by atoms with E-state index in [1.54, 1.807) is 11.4 Å². The van der Waals surface area contributed by atoms with Crippen molar-refractivity contribution < 1.29 is 9.90 Å². The van der Waals surface area contributed by atoms with Crippen LogP contribution < -0.4 is 5.32 Å². The maximum atomic E-state index is 12.8. The third-order valence-corrected chi connectivity index (χ3v) is 6.67. The van der Waals surface area contributed by atoms with Crippen molar-refractivity contribution in [3.63, 3.8) is 0 Å². The van der Waals surface area contributed by atoms with Crippen LogP contribution in [0.2, 0.25) is 0 Å². The van der Waals surface area contributed by atoms with Gasteiger partial charge in [0.1, 0.15) is 0 Å². The highest BCUT2D eigenvalue weighted by Crippen LogP contribution is 2.38. The average Bonchev–Trinajstić information content (AvgIpc) is 2.77. The number of carbonyl (C=O) groups excluding carboxylic acids is 1. The van der Waals surface area contributed by atoms with Gasteiger partial charge in [0.05, 0.1) is 0 Å². The Morgan fingerprint density at radius 2 is 1.58 bits per heavy atom.